The van der Waals surface area contributed by atoms with Crippen LogP contribution in [-0.4, -0.2) is 25.7 Å². The van der Waals surface area contributed by atoms with Gasteiger partial charge in [0.15, 0.2) is 0 Å². The number of halogens is 1. The molecule has 0 aliphatic carbocycles. The zero-order valence-corrected chi connectivity index (χ0v) is 11.0. The Bertz CT molecular complexity index is 416. The number of benzene rings is 1. The first-order valence-electron chi connectivity index (χ1n) is 6.83. The predicted octanol–water partition coefficient (Wildman–Crippen LogP) is 2.30. The van der Waals surface area contributed by atoms with Crippen LogP contribution in [0.3, 0.4) is 0 Å². The lowest BCUT2D eigenvalue weighted by Crippen LogP contribution is -2.30. The molecule has 0 saturated carbocycles. The van der Waals surface area contributed by atoms with E-state index < -0.39 is 0 Å². The summed E-state index contributed by atoms with van der Waals surface area (Å²) in [6, 6.07) is 6.66. The van der Waals surface area contributed by atoms with Crippen LogP contribution in [0.1, 0.15) is 24.8 Å². The Morgan fingerprint density at radius 1 is 1.42 bits per heavy atom. The molecule has 0 radical (unpaired) electrons. The van der Waals surface area contributed by atoms with Crippen molar-refractivity contribution in [3.8, 4) is 0 Å². The predicted molar refractivity (Wildman–Crippen MR) is 71.3 cm³/mol. The molecule has 1 aliphatic heterocycles. The van der Waals surface area contributed by atoms with Crippen molar-refractivity contribution in [1.29, 1.82) is 0 Å². The minimum atomic E-state index is -0.211. The molecule has 1 aliphatic rings. The number of carbonyl (C=O) groups is 1. The van der Waals surface area contributed by atoms with Crippen LogP contribution in [0.15, 0.2) is 24.3 Å². The van der Waals surface area contributed by atoms with E-state index in [-0.39, 0.29) is 11.7 Å². The Hall–Kier alpha value is -1.42. The minimum absolute atomic E-state index is 0.0341. The largest absolute Gasteiger partial charge is 0.381 e. The van der Waals surface area contributed by atoms with Gasteiger partial charge in [0.2, 0.25) is 5.91 Å². The van der Waals surface area contributed by atoms with E-state index in [1.165, 1.54) is 6.07 Å². The summed E-state index contributed by atoms with van der Waals surface area (Å²) >= 11 is 0. The van der Waals surface area contributed by atoms with Crippen molar-refractivity contribution in [2.45, 2.75) is 25.7 Å². The van der Waals surface area contributed by atoms with Gasteiger partial charge in [-0.1, -0.05) is 18.2 Å². The summed E-state index contributed by atoms with van der Waals surface area (Å²) in [5.41, 5.74) is 0.642. The highest BCUT2D eigenvalue weighted by Gasteiger charge is 2.17. The highest BCUT2D eigenvalue weighted by atomic mass is 19.1. The van der Waals surface area contributed by atoms with E-state index in [9.17, 15) is 9.18 Å². The molecule has 1 fully saturated rings. The Morgan fingerprint density at radius 2 is 2.26 bits per heavy atom. The van der Waals surface area contributed by atoms with Crippen molar-refractivity contribution in [2.75, 3.05) is 19.8 Å². The molecule has 104 valence electrons. The average Bonchev–Trinajstić information content (AvgIpc) is 2.42. The summed E-state index contributed by atoms with van der Waals surface area (Å²) < 4.78 is 18.7. The van der Waals surface area contributed by atoms with Gasteiger partial charge in [-0.25, -0.2) is 4.39 Å². The van der Waals surface area contributed by atoms with Crippen LogP contribution in [0.5, 0.6) is 0 Å². The van der Waals surface area contributed by atoms with Crippen molar-refractivity contribution in [2.24, 2.45) is 5.92 Å². The number of rotatable bonds is 5. The fourth-order valence-corrected chi connectivity index (χ4v) is 2.34. The zero-order valence-electron chi connectivity index (χ0n) is 11.0. The van der Waals surface area contributed by atoms with E-state index in [4.69, 9.17) is 4.74 Å². The van der Waals surface area contributed by atoms with E-state index in [0.717, 1.165) is 19.4 Å². The molecule has 3 nitrogen and oxygen atoms in total. The topological polar surface area (TPSA) is 38.3 Å². The Morgan fingerprint density at radius 3 is 3.00 bits per heavy atom. The molecule has 1 atom stereocenters. The number of hydrogen-bond acceptors (Lipinski definition) is 2. The lowest BCUT2D eigenvalue weighted by Gasteiger charge is -2.21. The second-order valence-corrected chi connectivity index (χ2v) is 4.98. The molecule has 19 heavy (non-hydrogen) atoms. The van der Waals surface area contributed by atoms with Crippen LogP contribution in [0.2, 0.25) is 0 Å². The zero-order chi connectivity index (χ0) is 13.5. The summed E-state index contributed by atoms with van der Waals surface area (Å²) in [4.78, 5) is 11.7. The summed E-state index contributed by atoms with van der Waals surface area (Å²) in [6.07, 6.45) is 3.13. The van der Waals surface area contributed by atoms with E-state index in [0.29, 0.717) is 37.5 Å². The fraction of sp³-hybridized carbons (Fsp3) is 0.533. The number of amides is 1. The van der Waals surface area contributed by atoms with E-state index in [2.05, 4.69) is 5.32 Å². The molecule has 4 heteroatoms. The van der Waals surface area contributed by atoms with Gasteiger partial charge in [-0.2, -0.15) is 0 Å². The minimum Gasteiger partial charge on any atom is -0.381 e. The quantitative estimate of drug-likeness (QED) is 0.887. The van der Waals surface area contributed by atoms with E-state index in [1.807, 2.05) is 0 Å². The SMILES string of the molecule is O=C(C[C@H]1CCCOC1)NCCc1ccccc1F. The van der Waals surface area contributed by atoms with Gasteiger partial charge in [-0.15, -0.1) is 0 Å². The smallest absolute Gasteiger partial charge is 0.220 e. The second kappa shape index (κ2) is 7.24. The molecule has 0 bridgehead atoms. The highest BCUT2D eigenvalue weighted by Crippen LogP contribution is 2.16. The number of nitrogens with one attached hydrogen (secondary N) is 1. The van der Waals surface area contributed by atoms with Crippen molar-refractivity contribution >= 4 is 5.91 Å². The molecule has 1 aromatic carbocycles. The Kier molecular flexibility index (Phi) is 5.33. The van der Waals surface area contributed by atoms with E-state index >= 15 is 0 Å². The van der Waals surface area contributed by atoms with E-state index in [1.54, 1.807) is 18.2 Å². The fourth-order valence-electron chi connectivity index (χ4n) is 2.34. The van der Waals surface area contributed by atoms with Gasteiger partial charge >= 0.3 is 0 Å². The normalized spacial score (nSPS) is 19.1. The number of hydrogen-bond donors (Lipinski definition) is 1. The molecule has 1 aromatic rings. The Labute approximate surface area is 113 Å². The lowest BCUT2D eigenvalue weighted by molar-refractivity contribution is -0.123. The van der Waals surface area contributed by atoms with Crippen molar-refractivity contribution in [3.05, 3.63) is 35.6 Å². The number of ether oxygens (including phenoxy) is 1. The highest BCUT2D eigenvalue weighted by molar-refractivity contribution is 5.76. The maximum Gasteiger partial charge on any atom is 0.220 e. The second-order valence-electron chi connectivity index (χ2n) is 4.98. The maximum absolute atomic E-state index is 13.4. The molecule has 1 amide bonds. The molecule has 2 rings (SSSR count). The summed E-state index contributed by atoms with van der Waals surface area (Å²) in [7, 11) is 0. The van der Waals surface area contributed by atoms with Crippen LogP contribution in [0.4, 0.5) is 4.39 Å². The molecule has 1 N–H and O–H groups in total. The van der Waals surface area contributed by atoms with Crippen molar-refractivity contribution < 1.29 is 13.9 Å². The third-order valence-electron chi connectivity index (χ3n) is 3.40. The van der Waals surface area contributed by atoms with Gasteiger partial charge in [0.1, 0.15) is 5.82 Å². The van der Waals surface area contributed by atoms with Gasteiger partial charge in [-0.05, 0) is 36.8 Å². The van der Waals surface area contributed by atoms with Crippen LogP contribution >= 0.6 is 0 Å². The maximum atomic E-state index is 13.4. The third-order valence-corrected chi connectivity index (χ3v) is 3.40. The first kappa shape index (κ1) is 14.0. The summed E-state index contributed by atoms with van der Waals surface area (Å²) in [6.45, 7) is 1.97. The summed E-state index contributed by atoms with van der Waals surface area (Å²) in [5.74, 6) is 0.159. The van der Waals surface area contributed by atoms with Gasteiger partial charge < -0.3 is 10.1 Å². The van der Waals surface area contributed by atoms with Crippen molar-refractivity contribution in [1.82, 2.24) is 5.32 Å². The van der Waals surface area contributed by atoms with Gasteiger partial charge in [-0.3, -0.25) is 4.79 Å². The molecule has 0 unspecified atom stereocenters. The monoisotopic (exact) mass is 265 g/mol. The van der Waals surface area contributed by atoms with Crippen LogP contribution in [-0.2, 0) is 16.0 Å². The lowest BCUT2D eigenvalue weighted by atomic mass is 9.98. The van der Waals surface area contributed by atoms with Gasteiger partial charge in [0, 0.05) is 26.2 Å². The first-order valence-corrected chi connectivity index (χ1v) is 6.83. The average molecular weight is 265 g/mol. The Balaban J connectivity index is 1.67. The van der Waals surface area contributed by atoms with Crippen LogP contribution in [0, 0.1) is 11.7 Å². The van der Waals surface area contributed by atoms with Crippen LogP contribution in [0.25, 0.3) is 0 Å². The van der Waals surface area contributed by atoms with Gasteiger partial charge in [0.05, 0.1) is 0 Å². The van der Waals surface area contributed by atoms with Gasteiger partial charge in [0.25, 0.3) is 0 Å². The number of carbonyl (C=O) groups excluding carboxylic acids is 1. The molecule has 1 heterocycles. The molecule has 1 saturated heterocycles. The first-order chi connectivity index (χ1) is 9.25. The third kappa shape index (κ3) is 4.63. The standard InChI is InChI=1S/C15H20FNO2/c16-14-6-2-1-5-13(14)7-8-17-15(18)10-12-4-3-9-19-11-12/h1-2,5-6,12H,3-4,7-11H2,(H,17,18)/t12-/m1/s1. The van der Waals surface area contributed by atoms with Crippen molar-refractivity contribution in [3.63, 3.8) is 0 Å². The summed E-state index contributed by atoms with van der Waals surface area (Å²) in [5, 5.41) is 2.84. The molecular weight excluding hydrogens is 245 g/mol. The van der Waals surface area contributed by atoms with Crippen LogP contribution < -0.4 is 5.32 Å². The molecular formula is C15H20FNO2. The molecule has 0 spiro atoms. The molecule has 0 aromatic heterocycles.